The summed E-state index contributed by atoms with van der Waals surface area (Å²) in [6.45, 7) is 2.26. The quantitative estimate of drug-likeness (QED) is 0.897. The summed E-state index contributed by atoms with van der Waals surface area (Å²) in [6.07, 6.45) is 0. The summed E-state index contributed by atoms with van der Waals surface area (Å²) in [6, 6.07) is 5.02. The van der Waals surface area contributed by atoms with Crippen LogP contribution < -0.4 is 11.1 Å². The van der Waals surface area contributed by atoms with Crippen LogP contribution in [-0.4, -0.2) is 18.5 Å². The van der Waals surface area contributed by atoms with Crippen molar-refractivity contribution in [3.63, 3.8) is 0 Å². The van der Waals surface area contributed by atoms with Gasteiger partial charge in [-0.1, -0.05) is 11.6 Å². The molecule has 0 saturated heterocycles. The van der Waals surface area contributed by atoms with Gasteiger partial charge in [-0.25, -0.2) is 0 Å². The van der Waals surface area contributed by atoms with E-state index in [1.807, 2.05) is 6.92 Å². The summed E-state index contributed by atoms with van der Waals surface area (Å²) in [4.78, 5) is 11.6. The molecule has 1 aromatic carbocycles. The van der Waals surface area contributed by atoms with E-state index >= 15 is 0 Å². The van der Waals surface area contributed by atoms with E-state index < -0.39 is 0 Å². The third kappa shape index (κ3) is 3.48. The van der Waals surface area contributed by atoms with Crippen molar-refractivity contribution in [2.45, 2.75) is 13.0 Å². The van der Waals surface area contributed by atoms with Crippen LogP contribution in [-0.2, 0) is 0 Å². The third-order valence-corrected chi connectivity index (χ3v) is 3.15. The number of hydrogen-bond acceptors (Lipinski definition) is 2. The van der Waals surface area contributed by atoms with E-state index in [2.05, 4.69) is 21.2 Å². The second-order valence-electron chi connectivity index (χ2n) is 3.24. The number of amides is 1. The Morgan fingerprint density at radius 1 is 1.67 bits per heavy atom. The Labute approximate surface area is 102 Å². The number of carbonyl (C=O) groups is 1. The SMILES string of the molecule is CC(CN)NC(=O)c1ccc(Br)c(Cl)c1. The molecule has 0 aromatic heterocycles. The zero-order valence-electron chi connectivity index (χ0n) is 8.26. The normalized spacial score (nSPS) is 12.3. The van der Waals surface area contributed by atoms with Crippen molar-refractivity contribution in [1.29, 1.82) is 0 Å². The molecule has 5 heteroatoms. The number of nitrogens with one attached hydrogen (secondary N) is 1. The lowest BCUT2D eigenvalue weighted by Gasteiger charge is -2.11. The number of hydrogen-bond donors (Lipinski definition) is 2. The van der Waals surface area contributed by atoms with E-state index in [1.54, 1.807) is 18.2 Å². The van der Waals surface area contributed by atoms with E-state index in [9.17, 15) is 4.79 Å². The van der Waals surface area contributed by atoms with Crippen LogP contribution >= 0.6 is 27.5 Å². The molecule has 3 nitrogen and oxygen atoms in total. The van der Waals surface area contributed by atoms with Gasteiger partial charge in [-0.3, -0.25) is 4.79 Å². The lowest BCUT2D eigenvalue weighted by molar-refractivity contribution is 0.0941. The molecule has 0 bridgehead atoms. The van der Waals surface area contributed by atoms with E-state index in [1.165, 1.54) is 0 Å². The Morgan fingerprint density at radius 3 is 2.87 bits per heavy atom. The van der Waals surface area contributed by atoms with E-state index in [4.69, 9.17) is 17.3 Å². The molecule has 0 aliphatic heterocycles. The maximum Gasteiger partial charge on any atom is 0.251 e. The van der Waals surface area contributed by atoms with Crippen LogP contribution in [0.2, 0.25) is 5.02 Å². The van der Waals surface area contributed by atoms with Crippen LogP contribution in [0, 0.1) is 0 Å². The van der Waals surface area contributed by atoms with Crippen molar-refractivity contribution in [1.82, 2.24) is 5.32 Å². The topological polar surface area (TPSA) is 55.1 Å². The molecule has 0 spiro atoms. The van der Waals surface area contributed by atoms with Crippen molar-refractivity contribution in [2.24, 2.45) is 5.73 Å². The van der Waals surface area contributed by atoms with Crippen LogP contribution in [0.3, 0.4) is 0 Å². The van der Waals surface area contributed by atoms with Crippen LogP contribution in [0.5, 0.6) is 0 Å². The molecule has 0 radical (unpaired) electrons. The molecule has 1 atom stereocenters. The maximum atomic E-state index is 11.6. The number of halogens is 2. The van der Waals surface area contributed by atoms with Gasteiger partial charge < -0.3 is 11.1 Å². The number of nitrogens with two attached hydrogens (primary N) is 1. The van der Waals surface area contributed by atoms with Gasteiger partial charge in [0.15, 0.2) is 0 Å². The first-order valence-corrected chi connectivity index (χ1v) is 5.67. The summed E-state index contributed by atoms with van der Waals surface area (Å²) < 4.78 is 0.771. The molecule has 15 heavy (non-hydrogen) atoms. The molecule has 1 aromatic rings. The fourth-order valence-electron chi connectivity index (χ4n) is 1.00. The highest BCUT2D eigenvalue weighted by atomic mass is 79.9. The predicted octanol–water partition coefficient (Wildman–Crippen LogP) is 2.18. The van der Waals surface area contributed by atoms with Gasteiger partial charge in [-0.05, 0) is 41.1 Å². The van der Waals surface area contributed by atoms with Crippen molar-refractivity contribution in [3.05, 3.63) is 33.3 Å². The smallest absolute Gasteiger partial charge is 0.251 e. The van der Waals surface area contributed by atoms with Gasteiger partial charge in [0.2, 0.25) is 0 Å². The van der Waals surface area contributed by atoms with E-state index in [0.717, 1.165) is 4.47 Å². The van der Waals surface area contributed by atoms with Crippen molar-refractivity contribution in [3.8, 4) is 0 Å². The monoisotopic (exact) mass is 290 g/mol. The van der Waals surface area contributed by atoms with Crippen LogP contribution in [0.1, 0.15) is 17.3 Å². The van der Waals surface area contributed by atoms with Gasteiger partial charge >= 0.3 is 0 Å². The summed E-state index contributed by atoms with van der Waals surface area (Å²) in [5, 5.41) is 3.27. The number of benzene rings is 1. The molecule has 82 valence electrons. The lowest BCUT2D eigenvalue weighted by atomic mass is 10.2. The van der Waals surface area contributed by atoms with Gasteiger partial charge in [0.1, 0.15) is 0 Å². The average molecular weight is 292 g/mol. The zero-order valence-corrected chi connectivity index (χ0v) is 10.6. The van der Waals surface area contributed by atoms with Crippen LogP contribution in [0.4, 0.5) is 0 Å². The molecule has 3 N–H and O–H groups in total. The molecular formula is C10H12BrClN2O. The highest BCUT2D eigenvalue weighted by Gasteiger charge is 2.09. The molecular weight excluding hydrogens is 279 g/mol. The van der Waals surface area contributed by atoms with Gasteiger partial charge in [0, 0.05) is 22.6 Å². The minimum Gasteiger partial charge on any atom is -0.348 e. The zero-order chi connectivity index (χ0) is 11.4. The average Bonchev–Trinajstić information content (AvgIpc) is 2.21. The summed E-state index contributed by atoms with van der Waals surface area (Å²) in [7, 11) is 0. The Balaban J connectivity index is 2.78. The molecule has 1 amide bonds. The Morgan fingerprint density at radius 2 is 2.33 bits per heavy atom. The third-order valence-electron chi connectivity index (χ3n) is 1.91. The highest BCUT2D eigenvalue weighted by molar-refractivity contribution is 9.10. The Bertz CT molecular complexity index is 370. The van der Waals surface area contributed by atoms with Gasteiger partial charge in [0.25, 0.3) is 5.91 Å². The summed E-state index contributed by atoms with van der Waals surface area (Å²) in [5.41, 5.74) is 5.94. The first-order valence-electron chi connectivity index (χ1n) is 4.50. The maximum absolute atomic E-state index is 11.6. The molecule has 0 aliphatic rings. The van der Waals surface area contributed by atoms with E-state index in [0.29, 0.717) is 17.1 Å². The Kier molecular flexibility index (Phi) is 4.57. The van der Waals surface area contributed by atoms with Crippen molar-refractivity contribution >= 4 is 33.4 Å². The summed E-state index contributed by atoms with van der Waals surface area (Å²) >= 11 is 9.14. The molecule has 0 aliphatic carbocycles. The predicted molar refractivity (Wildman–Crippen MR) is 65.1 cm³/mol. The first kappa shape index (κ1) is 12.5. The fraction of sp³-hybridized carbons (Fsp3) is 0.300. The molecule has 1 rings (SSSR count). The molecule has 1 unspecified atom stereocenters. The van der Waals surface area contributed by atoms with Gasteiger partial charge in [-0.2, -0.15) is 0 Å². The number of rotatable bonds is 3. The molecule has 0 heterocycles. The van der Waals surface area contributed by atoms with Crippen molar-refractivity contribution in [2.75, 3.05) is 6.54 Å². The first-order chi connectivity index (χ1) is 7.04. The minimum absolute atomic E-state index is 0.0417. The van der Waals surface area contributed by atoms with Gasteiger partial charge in [0.05, 0.1) is 5.02 Å². The number of carbonyl (C=O) groups excluding carboxylic acids is 1. The van der Waals surface area contributed by atoms with Crippen molar-refractivity contribution < 1.29 is 4.79 Å². The highest BCUT2D eigenvalue weighted by Crippen LogP contribution is 2.23. The second kappa shape index (κ2) is 5.49. The largest absolute Gasteiger partial charge is 0.348 e. The molecule has 0 saturated carbocycles. The Hall–Kier alpha value is -0.580. The lowest BCUT2D eigenvalue weighted by Crippen LogP contribution is -2.37. The second-order valence-corrected chi connectivity index (χ2v) is 4.50. The fourth-order valence-corrected chi connectivity index (χ4v) is 1.43. The van der Waals surface area contributed by atoms with Crippen LogP contribution in [0.15, 0.2) is 22.7 Å². The summed E-state index contributed by atoms with van der Waals surface area (Å²) in [5.74, 6) is -0.164. The van der Waals surface area contributed by atoms with Crippen LogP contribution in [0.25, 0.3) is 0 Å². The van der Waals surface area contributed by atoms with E-state index in [-0.39, 0.29) is 11.9 Å². The molecule has 0 fully saturated rings. The van der Waals surface area contributed by atoms with Gasteiger partial charge in [-0.15, -0.1) is 0 Å². The minimum atomic E-state index is -0.164. The standard InChI is InChI=1S/C10H12BrClN2O/c1-6(5-13)14-10(15)7-2-3-8(11)9(12)4-7/h2-4,6H,5,13H2,1H3,(H,14,15).